The minimum Gasteiger partial charge on any atom is -0.356 e. The molecule has 0 unspecified atom stereocenters. The lowest BCUT2D eigenvalue weighted by Crippen LogP contribution is -2.26. The van der Waals surface area contributed by atoms with Gasteiger partial charge in [-0.2, -0.15) is 0 Å². The molecule has 1 fully saturated rings. The molecular weight excluding hydrogens is 442 g/mol. The van der Waals surface area contributed by atoms with Gasteiger partial charge in [0.1, 0.15) is 5.82 Å². The summed E-state index contributed by atoms with van der Waals surface area (Å²) < 4.78 is 2.43. The largest absolute Gasteiger partial charge is 0.356 e. The number of amides is 1. The van der Waals surface area contributed by atoms with Crippen molar-refractivity contribution >= 4 is 16.9 Å². The predicted molar refractivity (Wildman–Crippen MR) is 153 cm³/mol. The first-order valence-corrected chi connectivity index (χ1v) is 15.5. The summed E-state index contributed by atoms with van der Waals surface area (Å²) in [4.78, 5) is 16.8. The number of rotatable bonds is 22. The van der Waals surface area contributed by atoms with Gasteiger partial charge in [0.15, 0.2) is 0 Å². The standard InChI is InChI=1S/C32H53N3O/c1-2-3-4-5-6-7-8-9-10-11-12-13-14-15-16-19-27-35-30-22-18-17-21-29(30)34-31(35)23-20-26-33-32(36)28-24-25-28/h17-18,21-22,28H,2-16,19-20,23-27H2,1H3,(H,33,36). The van der Waals surface area contributed by atoms with Gasteiger partial charge in [-0.1, -0.05) is 115 Å². The lowest BCUT2D eigenvalue weighted by Gasteiger charge is -2.10. The third-order valence-electron chi connectivity index (χ3n) is 7.79. The van der Waals surface area contributed by atoms with Crippen molar-refractivity contribution in [3.8, 4) is 0 Å². The average Bonchev–Trinajstić information content (AvgIpc) is 3.69. The Kier molecular flexibility index (Phi) is 14.0. The van der Waals surface area contributed by atoms with Gasteiger partial charge < -0.3 is 9.88 Å². The predicted octanol–water partition coefficient (Wildman–Crippen LogP) is 8.76. The van der Waals surface area contributed by atoms with E-state index in [1.807, 2.05) is 0 Å². The van der Waals surface area contributed by atoms with E-state index >= 15 is 0 Å². The fourth-order valence-electron chi connectivity index (χ4n) is 5.33. The van der Waals surface area contributed by atoms with E-state index in [0.29, 0.717) is 5.92 Å². The first kappa shape index (κ1) is 28.7. The zero-order valence-electron chi connectivity index (χ0n) is 23.2. The number of fused-ring (bicyclic) bond motifs is 1. The van der Waals surface area contributed by atoms with E-state index in [1.54, 1.807) is 0 Å². The molecule has 1 aliphatic rings. The molecule has 1 N–H and O–H groups in total. The van der Waals surface area contributed by atoms with Crippen molar-refractivity contribution in [3.63, 3.8) is 0 Å². The van der Waals surface area contributed by atoms with Gasteiger partial charge >= 0.3 is 0 Å². The van der Waals surface area contributed by atoms with Crippen molar-refractivity contribution in [3.05, 3.63) is 30.1 Å². The lowest BCUT2D eigenvalue weighted by atomic mass is 10.0. The molecule has 1 heterocycles. The highest BCUT2D eigenvalue weighted by molar-refractivity contribution is 5.80. The Morgan fingerprint density at radius 2 is 1.36 bits per heavy atom. The van der Waals surface area contributed by atoms with Crippen LogP contribution in [0.5, 0.6) is 0 Å². The summed E-state index contributed by atoms with van der Waals surface area (Å²) in [5.41, 5.74) is 2.36. The molecule has 4 nitrogen and oxygen atoms in total. The Bertz CT molecular complexity index is 854. The number of imidazole rings is 1. The van der Waals surface area contributed by atoms with E-state index in [-0.39, 0.29) is 5.91 Å². The van der Waals surface area contributed by atoms with Crippen molar-refractivity contribution in [1.82, 2.24) is 14.9 Å². The van der Waals surface area contributed by atoms with Gasteiger partial charge in [0, 0.05) is 25.4 Å². The van der Waals surface area contributed by atoms with Crippen LogP contribution in [0, 0.1) is 5.92 Å². The number of unbranched alkanes of at least 4 members (excludes halogenated alkanes) is 15. The Morgan fingerprint density at radius 1 is 0.806 bits per heavy atom. The summed E-state index contributed by atoms with van der Waals surface area (Å²) in [5, 5.41) is 3.09. The Labute approximate surface area is 221 Å². The Balaban J connectivity index is 1.22. The topological polar surface area (TPSA) is 46.9 Å². The number of aromatic nitrogens is 2. The van der Waals surface area contributed by atoms with Crippen LogP contribution in [0.15, 0.2) is 24.3 Å². The number of hydrogen-bond acceptors (Lipinski definition) is 2. The average molecular weight is 496 g/mol. The van der Waals surface area contributed by atoms with E-state index in [4.69, 9.17) is 4.98 Å². The summed E-state index contributed by atoms with van der Waals surface area (Å²) in [5.74, 6) is 1.72. The van der Waals surface area contributed by atoms with Crippen LogP contribution in [0.2, 0.25) is 0 Å². The van der Waals surface area contributed by atoms with E-state index in [0.717, 1.165) is 44.3 Å². The molecule has 4 heteroatoms. The molecule has 0 bridgehead atoms. The normalized spacial score (nSPS) is 13.5. The highest BCUT2D eigenvalue weighted by Gasteiger charge is 2.29. The minimum absolute atomic E-state index is 0.247. The number of nitrogens with zero attached hydrogens (tertiary/aromatic N) is 2. The summed E-state index contributed by atoms with van der Waals surface area (Å²) in [6.07, 6.45) is 26.5. The second kappa shape index (κ2) is 17.6. The maximum Gasteiger partial charge on any atom is 0.223 e. The summed E-state index contributed by atoms with van der Waals surface area (Å²) in [6, 6.07) is 8.52. The maximum atomic E-state index is 11.9. The number of hydrogen-bond donors (Lipinski definition) is 1. The van der Waals surface area contributed by atoms with Crippen LogP contribution in [0.25, 0.3) is 11.0 Å². The van der Waals surface area contributed by atoms with Crippen molar-refractivity contribution in [2.75, 3.05) is 6.54 Å². The fraction of sp³-hybridized carbons (Fsp3) is 0.750. The molecule has 36 heavy (non-hydrogen) atoms. The molecule has 1 aromatic heterocycles. The van der Waals surface area contributed by atoms with Gasteiger partial charge in [-0.05, 0) is 37.8 Å². The summed E-state index contributed by atoms with van der Waals surface area (Å²) in [7, 11) is 0. The molecule has 1 aromatic carbocycles. The van der Waals surface area contributed by atoms with Crippen molar-refractivity contribution < 1.29 is 4.79 Å². The van der Waals surface area contributed by atoms with Crippen LogP contribution >= 0.6 is 0 Å². The van der Waals surface area contributed by atoms with E-state index < -0.39 is 0 Å². The molecule has 0 saturated heterocycles. The minimum atomic E-state index is 0.247. The van der Waals surface area contributed by atoms with Crippen molar-refractivity contribution in [2.45, 2.75) is 142 Å². The molecule has 1 saturated carbocycles. The highest BCUT2D eigenvalue weighted by Crippen LogP contribution is 2.28. The molecule has 3 rings (SSSR count). The lowest BCUT2D eigenvalue weighted by molar-refractivity contribution is -0.122. The van der Waals surface area contributed by atoms with Crippen LogP contribution in [0.3, 0.4) is 0 Å². The molecule has 0 radical (unpaired) electrons. The first-order valence-electron chi connectivity index (χ1n) is 15.5. The third-order valence-corrected chi connectivity index (χ3v) is 7.79. The van der Waals surface area contributed by atoms with E-state index in [9.17, 15) is 4.79 Å². The zero-order valence-corrected chi connectivity index (χ0v) is 23.2. The van der Waals surface area contributed by atoms with Crippen LogP contribution in [-0.2, 0) is 17.8 Å². The number of benzene rings is 1. The highest BCUT2D eigenvalue weighted by atomic mass is 16.2. The van der Waals surface area contributed by atoms with Crippen LogP contribution in [-0.4, -0.2) is 22.0 Å². The fourth-order valence-corrected chi connectivity index (χ4v) is 5.33. The molecule has 2 aromatic rings. The van der Waals surface area contributed by atoms with Gasteiger partial charge in [-0.3, -0.25) is 4.79 Å². The van der Waals surface area contributed by atoms with Gasteiger partial charge in [0.05, 0.1) is 11.0 Å². The zero-order chi connectivity index (χ0) is 25.3. The molecule has 1 amide bonds. The number of carbonyl (C=O) groups excluding carboxylic acids is 1. The number of para-hydroxylation sites is 2. The maximum absolute atomic E-state index is 11.9. The van der Waals surface area contributed by atoms with Gasteiger partial charge in [0.25, 0.3) is 0 Å². The number of nitrogens with one attached hydrogen (secondary N) is 1. The summed E-state index contributed by atoms with van der Waals surface area (Å²) in [6.45, 7) is 4.11. The monoisotopic (exact) mass is 495 g/mol. The first-order chi connectivity index (χ1) is 17.8. The van der Waals surface area contributed by atoms with Gasteiger partial charge in [-0.25, -0.2) is 4.98 Å². The number of carbonyl (C=O) groups is 1. The molecule has 202 valence electrons. The summed E-state index contributed by atoms with van der Waals surface area (Å²) >= 11 is 0. The van der Waals surface area contributed by atoms with Gasteiger partial charge in [-0.15, -0.1) is 0 Å². The molecule has 1 aliphatic carbocycles. The molecule has 0 spiro atoms. The second-order valence-corrected chi connectivity index (χ2v) is 11.1. The smallest absolute Gasteiger partial charge is 0.223 e. The van der Waals surface area contributed by atoms with E-state index in [1.165, 1.54) is 114 Å². The molecular formula is C32H53N3O. The SMILES string of the molecule is CCCCCCCCCCCCCCCCCCn1c(CCCNC(=O)C2CC2)nc2ccccc21. The number of aryl methyl sites for hydroxylation is 2. The van der Waals surface area contributed by atoms with Gasteiger partial charge in [0.2, 0.25) is 5.91 Å². The quantitative estimate of drug-likeness (QED) is 0.166. The Hall–Kier alpha value is -1.84. The van der Waals surface area contributed by atoms with Crippen LogP contribution in [0.1, 0.15) is 135 Å². The Morgan fingerprint density at radius 3 is 1.94 bits per heavy atom. The second-order valence-electron chi connectivity index (χ2n) is 11.1. The van der Waals surface area contributed by atoms with E-state index in [2.05, 4.69) is 41.1 Å². The molecule has 0 atom stereocenters. The third kappa shape index (κ3) is 11.0. The van der Waals surface area contributed by atoms with Crippen LogP contribution in [0.4, 0.5) is 0 Å². The van der Waals surface area contributed by atoms with Crippen molar-refractivity contribution in [1.29, 1.82) is 0 Å². The molecule has 0 aliphatic heterocycles. The van der Waals surface area contributed by atoms with Crippen molar-refractivity contribution in [2.24, 2.45) is 5.92 Å². The van der Waals surface area contributed by atoms with Crippen LogP contribution < -0.4 is 5.32 Å².